The lowest BCUT2D eigenvalue weighted by atomic mass is 10.1. The Morgan fingerprint density at radius 2 is 1.29 bits per heavy atom. The van der Waals surface area contributed by atoms with Crippen molar-refractivity contribution < 1.29 is 18.9 Å². The second-order valence-electron chi connectivity index (χ2n) is 6.64. The highest BCUT2D eigenvalue weighted by Gasteiger charge is 2.20. The van der Waals surface area contributed by atoms with Crippen molar-refractivity contribution in [2.75, 3.05) is 28.4 Å². The van der Waals surface area contributed by atoms with E-state index in [1.165, 1.54) is 0 Å². The molecule has 0 bridgehead atoms. The number of benzene rings is 3. The summed E-state index contributed by atoms with van der Waals surface area (Å²) in [6.07, 6.45) is 0. The van der Waals surface area contributed by atoms with Gasteiger partial charge in [0.05, 0.1) is 45.0 Å². The molecule has 5 aromatic rings. The third-order valence-corrected chi connectivity index (χ3v) is 5.35. The summed E-state index contributed by atoms with van der Waals surface area (Å²) in [7, 11) is 6.55. The number of rotatable bonds is 4. The van der Waals surface area contributed by atoms with E-state index in [0.29, 0.717) is 17.2 Å². The zero-order valence-electron chi connectivity index (χ0n) is 16.1. The molecule has 0 saturated heterocycles. The van der Waals surface area contributed by atoms with Gasteiger partial charge in [-0.05, 0) is 24.3 Å². The maximum atomic E-state index is 5.66. The van der Waals surface area contributed by atoms with Gasteiger partial charge < -0.3 is 28.9 Å². The summed E-state index contributed by atoms with van der Waals surface area (Å²) < 4.78 is 22.1. The van der Waals surface area contributed by atoms with E-state index >= 15 is 0 Å². The molecule has 3 aromatic carbocycles. The zero-order valence-corrected chi connectivity index (χ0v) is 16.1. The van der Waals surface area contributed by atoms with E-state index < -0.39 is 0 Å². The van der Waals surface area contributed by atoms with E-state index in [2.05, 4.69) is 28.2 Å². The van der Waals surface area contributed by atoms with Gasteiger partial charge in [0.25, 0.3) is 0 Å². The summed E-state index contributed by atoms with van der Waals surface area (Å²) in [5.74, 6) is 2.66. The van der Waals surface area contributed by atoms with Gasteiger partial charge in [0.2, 0.25) is 5.75 Å². The van der Waals surface area contributed by atoms with E-state index in [-0.39, 0.29) is 0 Å². The third kappa shape index (κ3) is 2.08. The maximum absolute atomic E-state index is 5.66. The van der Waals surface area contributed by atoms with Crippen molar-refractivity contribution in [1.82, 2.24) is 9.97 Å². The van der Waals surface area contributed by atoms with Crippen LogP contribution in [-0.4, -0.2) is 38.4 Å². The largest absolute Gasteiger partial charge is 0.497 e. The minimum Gasteiger partial charge on any atom is -0.497 e. The van der Waals surface area contributed by atoms with Crippen LogP contribution in [0.5, 0.6) is 23.0 Å². The minimum atomic E-state index is 0.571. The molecule has 28 heavy (non-hydrogen) atoms. The van der Waals surface area contributed by atoms with Crippen LogP contribution in [0.2, 0.25) is 0 Å². The molecule has 0 fully saturated rings. The quantitative estimate of drug-likeness (QED) is 0.464. The smallest absolute Gasteiger partial charge is 0.205 e. The SMILES string of the molecule is COc1ccc2[nH]c3c(ccc4c5cc(OC)c(OC)c(OC)c5[nH]c43)c2c1. The fraction of sp³-hybridized carbons (Fsp3) is 0.182. The molecule has 5 rings (SSSR count). The second-order valence-corrected chi connectivity index (χ2v) is 6.64. The van der Waals surface area contributed by atoms with Gasteiger partial charge in [-0.25, -0.2) is 0 Å². The number of methoxy groups -OCH3 is 4. The van der Waals surface area contributed by atoms with Crippen molar-refractivity contribution in [3.8, 4) is 23.0 Å². The molecule has 142 valence electrons. The maximum Gasteiger partial charge on any atom is 0.205 e. The van der Waals surface area contributed by atoms with Crippen LogP contribution in [0.3, 0.4) is 0 Å². The van der Waals surface area contributed by atoms with Crippen molar-refractivity contribution in [2.45, 2.75) is 0 Å². The van der Waals surface area contributed by atoms with Gasteiger partial charge in [0.1, 0.15) is 5.75 Å². The first kappa shape index (κ1) is 16.6. The lowest BCUT2D eigenvalue weighted by Gasteiger charge is -2.12. The van der Waals surface area contributed by atoms with Gasteiger partial charge in [-0.2, -0.15) is 0 Å². The van der Waals surface area contributed by atoms with Crippen LogP contribution in [0.4, 0.5) is 0 Å². The summed E-state index contributed by atoms with van der Waals surface area (Å²) in [5, 5.41) is 4.35. The summed E-state index contributed by atoms with van der Waals surface area (Å²) in [6.45, 7) is 0. The molecule has 0 aliphatic heterocycles. The summed E-state index contributed by atoms with van der Waals surface area (Å²) >= 11 is 0. The average molecular weight is 376 g/mol. The predicted octanol–water partition coefficient (Wildman–Crippen LogP) is 4.99. The molecule has 6 heteroatoms. The summed E-state index contributed by atoms with van der Waals surface area (Å²) in [4.78, 5) is 7.07. The fourth-order valence-electron chi connectivity index (χ4n) is 4.05. The number of hydrogen-bond donors (Lipinski definition) is 2. The average Bonchev–Trinajstić information content (AvgIpc) is 3.29. The number of nitrogens with one attached hydrogen (secondary N) is 2. The molecule has 0 amide bonds. The van der Waals surface area contributed by atoms with Crippen LogP contribution in [0.15, 0.2) is 36.4 Å². The monoisotopic (exact) mass is 376 g/mol. The Bertz CT molecular complexity index is 1360. The minimum absolute atomic E-state index is 0.571. The van der Waals surface area contributed by atoms with Crippen LogP contribution in [0.25, 0.3) is 43.6 Å². The molecule has 0 spiro atoms. The van der Waals surface area contributed by atoms with Gasteiger partial charge in [-0.3, -0.25) is 0 Å². The fourth-order valence-corrected chi connectivity index (χ4v) is 4.05. The van der Waals surface area contributed by atoms with Crippen LogP contribution in [0, 0.1) is 0 Å². The molecule has 0 aliphatic carbocycles. The first-order valence-electron chi connectivity index (χ1n) is 8.93. The highest BCUT2D eigenvalue weighted by molar-refractivity contribution is 6.22. The number of hydrogen-bond acceptors (Lipinski definition) is 4. The molecular weight excluding hydrogens is 356 g/mol. The predicted molar refractivity (Wildman–Crippen MR) is 111 cm³/mol. The number of ether oxygens (including phenoxy) is 4. The Balaban J connectivity index is 1.93. The zero-order chi connectivity index (χ0) is 19.4. The third-order valence-electron chi connectivity index (χ3n) is 5.35. The molecule has 0 saturated carbocycles. The molecule has 6 nitrogen and oxygen atoms in total. The number of aromatic nitrogens is 2. The molecule has 0 radical (unpaired) electrons. The van der Waals surface area contributed by atoms with Crippen LogP contribution in [0.1, 0.15) is 0 Å². The molecule has 2 N–H and O–H groups in total. The van der Waals surface area contributed by atoms with Gasteiger partial charge in [-0.15, -0.1) is 0 Å². The molecule has 0 unspecified atom stereocenters. The van der Waals surface area contributed by atoms with Crippen LogP contribution < -0.4 is 18.9 Å². The Kier molecular flexibility index (Phi) is 3.55. The number of H-pyrrole nitrogens is 2. The van der Waals surface area contributed by atoms with Crippen LogP contribution in [-0.2, 0) is 0 Å². The normalized spacial score (nSPS) is 11.6. The van der Waals surface area contributed by atoms with E-state index in [9.17, 15) is 0 Å². The highest BCUT2D eigenvalue weighted by atomic mass is 16.5. The Morgan fingerprint density at radius 3 is 1.96 bits per heavy atom. The van der Waals surface area contributed by atoms with E-state index in [1.54, 1.807) is 28.4 Å². The molecule has 2 heterocycles. The van der Waals surface area contributed by atoms with Crippen LogP contribution >= 0.6 is 0 Å². The standard InChI is InChI=1S/C22H20N2O4/c1-25-11-5-8-16-14(9-11)12-6-7-13-15-10-17(26-2)21(27-3)22(28-4)20(15)24-19(13)18(12)23-16/h5-10,23-24H,1-4H3. The van der Waals surface area contributed by atoms with Gasteiger partial charge >= 0.3 is 0 Å². The van der Waals surface area contributed by atoms with Crippen molar-refractivity contribution >= 4 is 43.6 Å². The highest BCUT2D eigenvalue weighted by Crippen LogP contribution is 2.46. The molecule has 2 aromatic heterocycles. The summed E-state index contributed by atoms with van der Waals surface area (Å²) in [6, 6.07) is 12.3. The van der Waals surface area contributed by atoms with E-state index in [0.717, 1.165) is 49.4 Å². The first-order chi connectivity index (χ1) is 13.7. The Hall–Kier alpha value is -3.54. The van der Waals surface area contributed by atoms with Crippen molar-refractivity contribution in [3.05, 3.63) is 36.4 Å². The number of fused-ring (bicyclic) bond motifs is 7. The topological polar surface area (TPSA) is 68.5 Å². The summed E-state index contributed by atoms with van der Waals surface area (Å²) in [5.41, 5.74) is 3.98. The lowest BCUT2D eigenvalue weighted by Crippen LogP contribution is -1.95. The van der Waals surface area contributed by atoms with E-state index in [4.69, 9.17) is 18.9 Å². The van der Waals surface area contributed by atoms with Gasteiger partial charge in [0.15, 0.2) is 11.5 Å². The van der Waals surface area contributed by atoms with E-state index in [1.807, 2.05) is 18.2 Å². The van der Waals surface area contributed by atoms with Crippen molar-refractivity contribution in [1.29, 1.82) is 0 Å². The molecule has 0 atom stereocenters. The molecular formula is C22H20N2O4. The Labute approximate surface area is 160 Å². The lowest BCUT2D eigenvalue weighted by molar-refractivity contribution is 0.327. The van der Waals surface area contributed by atoms with Gasteiger partial charge in [-0.1, -0.05) is 12.1 Å². The number of aromatic amines is 2. The van der Waals surface area contributed by atoms with Gasteiger partial charge in [0, 0.05) is 27.1 Å². The first-order valence-corrected chi connectivity index (χ1v) is 8.93. The molecule has 0 aliphatic rings. The van der Waals surface area contributed by atoms with Crippen molar-refractivity contribution in [2.24, 2.45) is 0 Å². The van der Waals surface area contributed by atoms with Crippen molar-refractivity contribution in [3.63, 3.8) is 0 Å². The second kappa shape index (κ2) is 5.99. The Morgan fingerprint density at radius 1 is 0.571 bits per heavy atom.